The zero-order valence-corrected chi connectivity index (χ0v) is 17.7. The van der Waals surface area contributed by atoms with Gasteiger partial charge in [-0.2, -0.15) is 0 Å². The number of nitro groups is 1. The molecule has 1 aliphatic rings. The number of aryl methyl sites for hydroxylation is 2. The van der Waals surface area contributed by atoms with Crippen molar-refractivity contribution in [2.24, 2.45) is 0 Å². The van der Waals surface area contributed by atoms with Crippen LogP contribution in [0, 0.1) is 24.0 Å². The Balaban J connectivity index is 1.42. The van der Waals surface area contributed by atoms with E-state index >= 15 is 0 Å². The van der Waals surface area contributed by atoms with E-state index in [4.69, 9.17) is 0 Å². The summed E-state index contributed by atoms with van der Waals surface area (Å²) < 4.78 is 0. The van der Waals surface area contributed by atoms with Gasteiger partial charge >= 0.3 is 0 Å². The predicted octanol–water partition coefficient (Wildman–Crippen LogP) is 3.52. The van der Waals surface area contributed by atoms with Crippen molar-refractivity contribution < 1.29 is 9.72 Å². The first-order chi connectivity index (χ1) is 14.9. The molecule has 0 saturated carbocycles. The van der Waals surface area contributed by atoms with E-state index in [9.17, 15) is 14.9 Å². The smallest absolute Gasteiger partial charge is 0.278 e. The number of anilines is 2. The molecule has 0 radical (unpaired) electrons. The first kappa shape index (κ1) is 20.7. The number of hydrogen-bond donors (Lipinski definition) is 1. The third-order valence-electron chi connectivity index (χ3n) is 5.79. The number of nitrogens with zero attached hydrogens (tertiary/aromatic N) is 4. The second kappa shape index (κ2) is 8.69. The van der Waals surface area contributed by atoms with Gasteiger partial charge in [-0.3, -0.25) is 24.8 Å². The average Bonchev–Trinajstić information content (AvgIpc) is 2.76. The quantitative estimate of drug-likeness (QED) is 0.503. The average molecular weight is 419 g/mol. The maximum Gasteiger partial charge on any atom is 0.278 e. The molecule has 0 unspecified atom stereocenters. The van der Waals surface area contributed by atoms with Gasteiger partial charge in [0, 0.05) is 61.4 Å². The fraction of sp³-hybridized carbons (Fsp3) is 0.304. The minimum Gasteiger partial charge on any atom is -0.368 e. The zero-order chi connectivity index (χ0) is 22.0. The van der Waals surface area contributed by atoms with E-state index < -0.39 is 0 Å². The first-order valence-electron chi connectivity index (χ1n) is 10.3. The van der Waals surface area contributed by atoms with E-state index in [1.165, 1.54) is 0 Å². The Morgan fingerprint density at radius 3 is 2.45 bits per heavy atom. The van der Waals surface area contributed by atoms with E-state index in [2.05, 4.69) is 20.1 Å². The number of fused-ring (bicyclic) bond motifs is 1. The zero-order valence-electron chi connectivity index (χ0n) is 17.7. The summed E-state index contributed by atoms with van der Waals surface area (Å²) in [6.07, 6.45) is 3.20. The van der Waals surface area contributed by atoms with Crippen molar-refractivity contribution in [2.75, 3.05) is 42.9 Å². The van der Waals surface area contributed by atoms with Gasteiger partial charge in [0.25, 0.3) is 5.69 Å². The van der Waals surface area contributed by atoms with Gasteiger partial charge in [0.15, 0.2) is 0 Å². The molecular weight excluding hydrogens is 394 g/mol. The van der Waals surface area contributed by atoms with Crippen molar-refractivity contribution in [1.29, 1.82) is 0 Å². The van der Waals surface area contributed by atoms with E-state index in [-0.39, 0.29) is 16.5 Å². The molecule has 8 nitrogen and oxygen atoms in total. The van der Waals surface area contributed by atoms with Crippen LogP contribution in [0.3, 0.4) is 0 Å². The number of benzene rings is 2. The Morgan fingerprint density at radius 2 is 1.77 bits per heavy atom. The summed E-state index contributed by atoms with van der Waals surface area (Å²) in [6, 6.07) is 11.1. The van der Waals surface area contributed by atoms with Crippen molar-refractivity contribution in [3.8, 4) is 0 Å². The van der Waals surface area contributed by atoms with Crippen molar-refractivity contribution in [3.05, 3.63) is 70.0 Å². The number of para-hydroxylation sites is 1. The highest BCUT2D eigenvalue weighted by Gasteiger charge is 2.23. The van der Waals surface area contributed by atoms with Gasteiger partial charge < -0.3 is 10.2 Å². The number of carbonyl (C=O) groups is 1. The molecule has 1 saturated heterocycles. The number of piperazine rings is 1. The van der Waals surface area contributed by atoms with Crippen LogP contribution < -0.4 is 10.2 Å². The molecule has 0 aliphatic carbocycles. The highest BCUT2D eigenvalue weighted by atomic mass is 16.6. The topological polar surface area (TPSA) is 91.6 Å². The van der Waals surface area contributed by atoms with Gasteiger partial charge in [0.05, 0.1) is 16.9 Å². The number of pyridine rings is 1. The first-order valence-corrected chi connectivity index (χ1v) is 10.3. The van der Waals surface area contributed by atoms with Gasteiger partial charge in [0.1, 0.15) is 0 Å². The third-order valence-corrected chi connectivity index (χ3v) is 5.79. The molecule has 1 fully saturated rings. The molecule has 160 valence electrons. The summed E-state index contributed by atoms with van der Waals surface area (Å²) in [5.74, 6) is -0.0160. The molecule has 2 aromatic carbocycles. The number of nitrogens with one attached hydrogen (secondary N) is 1. The van der Waals surface area contributed by atoms with Gasteiger partial charge in [-0.25, -0.2) is 0 Å². The number of hydrogen-bond acceptors (Lipinski definition) is 6. The van der Waals surface area contributed by atoms with E-state index in [1.807, 2.05) is 44.2 Å². The standard InChI is InChI=1S/C23H25N5O3/c1-16-4-3-5-17(2)23(16)25-22(29)15-26-10-12-27(13-11-26)20-6-7-21(28(30)31)19-14-24-9-8-18(19)20/h3-9,14H,10-13,15H2,1-2H3,(H,25,29). The fourth-order valence-corrected chi connectivity index (χ4v) is 4.13. The van der Waals surface area contributed by atoms with Gasteiger partial charge in [-0.15, -0.1) is 0 Å². The molecule has 31 heavy (non-hydrogen) atoms. The summed E-state index contributed by atoms with van der Waals surface area (Å²) in [7, 11) is 0. The van der Waals surface area contributed by atoms with Crippen molar-refractivity contribution in [1.82, 2.24) is 9.88 Å². The molecule has 2 heterocycles. The van der Waals surface area contributed by atoms with Crippen LogP contribution in [0.5, 0.6) is 0 Å². The van der Waals surface area contributed by atoms with Crippen LogP contribution >= 0.6 is 0 Å². The van der Waals surface area contributed by atoms with E-state index in [0.29, 0.717) is 11.9 Å². The lowest BCUT2D eigenvalue weighted by atomic mass is 10.1. The van der Waals surface area contributed by atoms with Crippen LogP contribution in [0.15, 0.2) is 48.8 Å². The van der Waals surface area contributed by atoms with Crippen LogP contribution in [0.4, 0.5) is 17.1 Å². The molecule has 1 aliphatic heterocycles. The highest BCUT2D eigenvalue weighted by molar-refractivity contribution is 5.99. The third kappa shape index (κ3) is 4.34. The Morgan fingerprint density at radius 1 is 1.06 bits per heavy atom. The fourth-order valence-electron chi connectivity index (χ4n) is 4.13. The number of rotatable bonds is 5. The summed E-state index contributed by atoms with van der Waals surface area (Å²) >= 11 is 0. The number of carbonyl (C=O) groups excluding carboxylic acids is 1. The number of amides is 1. The molecule has 0 spiro atoms. The number of nitro benzene ring substituents is 1. The summed E-state index contributed by atoms with van der Waals surface area (Å²) in [5.41, 5.74) is 4.02. The maximum atomic E-state index is 12.6. The lowest BCUT2D eigenvalue weighted by molar-refractivity contribution is -0.383. The molecular formula is C23H25N5O3. The molecule has 0 bridgehead atoms. The normalized spacial score (nSPS) is 14.6. The summed E-state index contributed by atoms with van der Waals surface area (Å²) in [5, 5.41) is 15.8. The van der Waals surface area contributed by atoms with Crippen molar-refractivity contribution in [2.45, 2.75) is 13.8 Å². The van der Waals surface area contributed by atoms with E-state index in [0.717, 1.165) is 54.1 Å². The van der Waals surface area contributed by atoms with Crippen LogP contribution in [0.1, 0.15) is 11.1 Å². The number of non-ortho nitro benzene ring substituents is 1. The van der Waals surface area contributed by atoms with E-state index in [1.54, 1.807) is 18.5 Å². The summed E-state index contributed by atoms with van der Waals surface area (Å²) in [6.45, 7) is 7.29. The monoisotopic (exact) mass is 419 g/mol. The molecule has 0 atom stereocenters. The Hall–Kier alpha value is -3.52. The second-order valence-corrected chi connectivity index (χ2v) is 7.86. The summed E-state index contributed by atoms with van der Waals surface area (Å²) in [4.78, 5) is 31.9. The predicted molar refractivity (Wildman–Crippen MR) is 122 cm³/mol. The van der Waals surface area contributed by atoms with Crippen LogP contribution in [-0.4, -0.2) is 53.4 Å². The molecule has 1 aromatic heterocycles. The molecule has 1 amide bonds. The lowest BCUT2D eigenvalue weighted by Gasteiger charge is -2.36. The minimum atomic E-state index is -0.374. The van der Waals surface area contributed by atoms with Crippen LogP contribution in [0.2, 0.25) is 0 Å². The maximum absolute atomic E-state index is 12.6. The van der Waals surface area contributed by atoms with Crippen molar-refractivity contribution in [3.63, 3.8) is 0 Å². The molecule has 8 heteroatoms. The minimum absolute atomic E-state index is 0.0160. The second-order valence-electron chi connectivity index (χ2n) is 7.86. The Labute approximate surface area is 180 Å². The van der Waals surface area contributed by atoms with Gasteiger partial charge in [0.2, 0.25) is 5.91 Å². The number of aromatic nitrogens is 1. The largest absolute Gasteiger partial charge is 0.368 e. The lowest BCUT2D eigenvalue weighted by Crippen LogP contribution is -2.48. The highest BCUT2D eigenvalue weighted by Crippen LogP contribution is 2.33. The van der Waals surface area contributed by atoms with Gasteiger partial charge in [-0.05, 0) is 37.1 Å². The van der Waals surface area contributed by atoms with Crippen LogP contribution in [0.25, 0.3) is 10.8 Å². The van der Waals surface area contributed by atoms with Crippen molar-refractivity contribution >= 4 is 33.7 Å². The van der Waals surface area contributed by atoms with Crippen LogP contribution in [-0.2, 0) is 4.79 Å². The SMILES string of the molecule is Cc1cccc(C)c1NC(=O)CN1CCN(c2ccc([N+](=O)[O-])c3cnccc23)CC1. The molecule has 3 aromatic rings. The Bertz CT molecular complexity index is 1120. The van der Waals surface area contributed by atoms with Gasteiger partial charge in [-0.1, -0.05) is 18.2 Å². The molecule has 1 N–H and O–H groups in total. The molecule has 4 rings (SSSR count). The Kier molecular flexibility index (Phi) is 5.81.